The van der Waals surface area contributed by atoms with E-state index in [1.165, 1.54) is 18.2 Å². The Bertz CT molecular complexity index is 1530. The monoisotopic (exact) mass is 540 g/mol. The molecule has 0 saturated heterocycles. The molecule has 8 nitrogen and oxygen atoms in total. The van der Waals surface area contributed by atoms with E-state index in [9.17, 15) is 22.8 Å². The fourth-order valence-electron chi connectivity index (χ4n) is 3.64. The van der Waals surface area contributed by atoms with Gasteiger partial charge < -0.3 is 20.9 Å². The van der Waals surface area contributed by atoms with Crippen LogP contribution in [0.2, 0.25) is 5.02 Å². The van der Waals surface area contributed by atoms with Crippen molar-refractivity contribution in [2.45, 2.75) is 6.18 Å². The summed E-state index contributed by atoms with van der Waals surface area (Å²) in [5.74, 6) is 0.368. The summed E-state index contributed by atoms with van der Waals surface area (Å²) in [5, 5.41) is 13.4. The van der Waals surface area contributed by atoms with Gasteiger partial charge in [-0.05, 0) is 60.7 Å². The summed E-state index contributed by atoms with van der Waals surface area (Å²) in [6.07, 6.45) is -1.34. The van der Waals surface area contributed by atoms with Gasteiger partial charge in [0.05, 0.1) is 11.3 Å². The second-order valence-electron chi connectivity index (χ2n) is 8.04. The van der Waals surface area contributed by atoms with Crippen molar-refractivity contribution < 1.29 is 22.8 Å². The van der Waals surface area contributed by atoms with E-state index >= 15 is 0 Å². The number of alkyl halides is 3. The first-order valence-electron chi connectivity index (χ1n) is 11.0. The van der Waals surface area contributed by atoms with Crippen LogP contribution in [-0.2, 0) is 13.2 Å². The molecule has 1 heterocycles. The maximum absolute atomic E-state index is 13.2. The van der Waals surface area contributed by atoms with Gasteiger partial charge in [-0.3, -0.25) is 4.79 Å². The normalized spacial score (nSPS) is 11.5. The Balaban J connectivity index is 1.48. The zero-order valence-corrected chi connectivity index (χ0v) is 20.5. The number of hydrogen-bond donors (Lipinski definition) is 3. The first-order valence-corrected chi connectivity index (χ1v) is 11.4. The summed E-state index contributed by atoms with van der Waals surface area (Å²) in [6, 6.07) is 15.2. The number of halogens is 4. The molecule has 0 spiro atoms. The first kappa shape index (κ1) is 26.4. The van der Waals surface area contributed by atoms with Gasteiger partial charge in [-0.1, -0.05) is 29.8 Å². The van der Waals surface area contributed by atoms with Crippen molar-refractivity contribution in [3.63, 3.8) is 0 Å². The van der Waals surface area contributed by atoms with Gasteiger partial charge in [0.25, 0.3) is 0 Å². The van der Waals surface area contributed by atoms with Crippen molar-refractivity contribution in [1.29, 1.82) is 0 Å². The Hall–Kier alpha value is -4.64. The number of hydrogen-bond acceptors (Lipinski definition) is 4. The quantitative estimate of drug-likeness (QED) is 0.275. The third-order valence-corrected chi connectivity index (χ3v) is 5.84. The van der Waals surface area contributed by atoms with Gasteiger partial charge in [0.15, 0.2) is 11.6 Å². The van der Waals surface area contributed by atoms with Crippen LogP contribution >= 0.6 is 11.6 Å². The van der Waals surface area contributed by atoms with Gasteiger partial charge in [0.2, 0.25) is 5.91 Å². The third kappa shape index (κ3) is 5.84. The minimum absolute atomic E-state index is 0.269. The number of rotatable bonds is 6. The predicted octanol–water partition coefficient (Wildman–Crippen LogP) is 6.07. The second-order valence-corrected chi connectivity index (χ2v) is 8.45. The summed E-state index contributed by atoms with van der Waals surface area (Å²) in [4.78, 5) is 24.0. The van der Waals surface area contributed by atoms with E-state index < -0.39 is 23.7 Å². The Labute approximate surface area is 219 Å². The zero-order chi connectivity index (χ0) is 27.4. The number of primary amides is 1. The van der Waals surface area contributed by atoms with Gasteiger partial charge in [-0.25, -0.2) is 4.79 Å². The van der Waals surface area contributed by atoms with Crippen LogP contribution < -0.4 is 16.4 Å². The number of benzene rings is 3. The van der Waals surface area contributed by atoms with E-state index in [-0.39, 0.29) is 11.3 Å². The molecule has 4 rings (SSSR count). The van der Waals surface area contributed by atoms with Crippen LogP contribution in [-0.4, -0.2) is 26.7 Å². The fraction of sp³-hybridized carbons (Fsp3) is 0.0769. The molecule has 3 amide bonds. The van der Waals surface area contributed by atoms with Crippen LogP contribution in [0, 0.1) is 0 Å². The lowest BCUT2D eigenvalue weighted by molar-refractivity contribution is -0.136. The molecule has 4 aromatic rings. The van der Waals surface area contributed by atoms with Gasteiger partial charge >= 0.3 is 12.2 Å². The van der Waals surface area contributed by atoms with Crippen LogP contribution in [0.5, 0.6) is 0 Å². The molecule has 38 heavy (non-hydrogen) atoms. The first-order chi connectivity index (χ1) is 18.0. The van der Waals surface area contributed by atoms with E-state index in [4.69, 9.17) is 17.3 Å². The van der Waals surface area contributed by atoms with Crippen molar-refractivity contribution >= 4 is 47.1 Å². The molecule has 4 N–H and O–H groups in total. The number of aromatic nitrogens is 3. The lowest BCUT2D eigenvalue weighted by Gasteiger charge is -2.14. The molecule has 12 heteroatoms. The van der Waals surface area contributed by atoms with Crippen molar-refractivity contribution in [2.24, 2.45) is 12.8 Å². The van der Waals surface area contributed by atoms with E-state index in [1.54, 1.807) is 66.2 Å². The second kappa shape index (κ2) is 10.8. The van der Waals surface area contributed by atoms with Crippen molar-refractivity contribution in [3.05, 3.63) is 94.3 Å². The highest BCUT2D eigenvalue weighted by molar-refractivity contribution is 6.32. The molecule has 0 radical (unpaired) electrons. The maximum Gasteiger partial charge on any atom is 0.418 e. The van der Waals surface area contributed by atoms with Crippen molar-refractivity contribution in [3.8, 4) is 11.4 Å². The van der Waals surface area contributed by atoms with Crippen molar-refractivity contribution in [1.82, 2.24) is 14.8 Å². The van der Waals surface area contributed by atoms with Crippen LogP contribution in [0.4, 0.5) is 29.3 Å². The maximum atomic E-state index is 13.2. The summed E-state index contributed by atoms with van der Waals surface area (Å²) in [5.41, 5.74) is 5.88. The molecule has 0 aliphatic carbocycles. The summed E-state index contributed by atoms with van der Waals surface area (Å²) >= 11 is 6.22. The summed E-state index contributed by atoms with van der Waals surface area (Å²) in [6.45, 7) is 0. The van der Waals surface area contributed by atoms with E-state index in [1.807, 2.05) is 0 Å². The lowest BCUT2D eigenvalue weighted by atomic mass is 10.1. The van der Waals surface area contributed by atoms with Gasteiger partial charge in [-0.15, -0.1) is 10.2 Å². The Morgan fingerprint density at radius 3 is 2.34 bits per heavy atom. The Morgan fingerprint density at radius 1 is 0.947 bits per heavy atom. The molecule has 0 saturated carbocycles. The average molecular weight is 541 g/mol. The molecular formula is C26H20ClF3N6O2. The summed E-state index contributed by atoms with van der Waals surface area (Å²) in [7, 11) is 1.74. The molecule has 0 aliphatic heterocycles. The molecule has 0 fully saturated rings. The Morgan fingerprint density at radius 2 is 1.66 bits per heavy atom. The van der Waals surface area contributed by atoms with E-state index in [2.05, 4.69) is 20.8 Å². The molecule has 0 unspecified atom stereocenters. The number of amides is 3. The minimum atomic E-state index is -4.60. The van der Waals surface area contributed by atoms with Crippen LogP contribution in [0.3, 0.4) is 0 Å². The number of urea groups is 1. The molecule has 0 bridgehead atoms. The average Bonchev–Trinajstić information content (AvgIpc) is 3.23. The number of nitrogens with zero attached hydrogens (tertiary/aromatic N) is 3. The highest BCUT2D eigenvalue weighted by atomic mass is 35.5. The fourth-order valence-corrected chi connectivity index (χ4v) is 3.88. The number of anilines is 2. The minimum Gasteiger partial charge on any atom is -0.366 e. The number of nitrogens with two attached hydrogens (primary N) is 1. The molecule has 0 atom stereocenters. The van der Waals surface area contributed by atoms with Crippen LogP contribution in [0.1, 0.15) is 27.3 Å². The summed E-state index contributed by atoms with van der Waals surface area (Å²) < 4.78 is 41.2. The molecule has 1 aromatic heterocycles. The Kier molecular flexibility index (Phi) is 7.49. The van der Waals surface area contributed by atoms with Crippen LogP contribution in [0.15, 0.2) is 66.7 Å². The molecular weight excluding hydrogens is 521 g/mol. The van der Waals surface area contributed by atoms with Gasteiger partial charge in [0.1, 0.15) is 0 Å². The number of para-hydroxylation sites is 1. The SMILES string of the molecule is Cn1c(/C=C/c2c(Cl)cccc2C(N)=O)nnc1-c1ccc(NC(=O)Nc2ccccc2C(F)(F)F)cc1. The highest BCUT2D eigenvalue weighted by Crippen LogP contribution is 2.34. The van der Waals surface area contributed by atoms with Gasteiger partial charge in [-0.2, -0.15) is 13.2 Å². The van der Waals surface area contributed by atoms with Crippen LogP contribution in [0.25, 0.3) is 23.5 Å². The van der Waals surface area contributed by atoms with Crippen molar-refractivity contribution in [2.75, 3.05) is 10.6 Å². The van der Waals surface area contributed by atoms with E-state index in [0.29, 0.717) is 33.5 Å². The lowest BCUT2D eigenvalue weighted by Crippen LogP contribution is -2.21. The smallest absolute Gasteiger partial charge is 0.366 e. The zero-order valence-electron chi connectivity index (χ0n) is 19.8. The largest absolute Gasteiger partial charge is 0.418 e. The topological polar surface area (TPSA) is 115 Å². The number of carbonyl (C=O) groups excluding carboxylic acids is 2. The molecule has 3 aromatic carbocycles. The number of carbonyl (C=O) groups is 2. The standard InChI is InChI=1S/C26H20ClF3N6O2/c1-36-22(14-13-17-18(23(31)37)5-4-7-20(17)27)34-35-24(36)15-9-11-16(12-10-15)32-25(38)33-21-8-3-2-6-19(21)26(28,29)30/h2-14H,1H3,(H2,31,37)(H2,32,33,38)/b14-13+. The third-order valence-electron chi connectivity index (χ3n) is 5.51. The van der Waals surface area contributed by atoms with Gasteiger partial charge in [0, 0.05) is 34.4 Å². The number of nitrogens with one attached hydrogen (secondary N) is 2. The molecule has 0 aliphatic rings. The van der Waals surface area contributed by atoms with E-state index in [0.717, 1.165) is 6.07 Å². The highest BCUT2D eigenvalue weighted by Gasteiger charge is 2.33. The molecule has 194 valence electrons. The predicted molar refractivity (Wildman–Crippen MR) is 139 cm³/mol.